The fourth-order valence-electron chi connectivity index (χ4n) is 5.28. The molecule has 0 atom stereocenters. The minimum absolute atomic E-state index is 0.124. The maximum Gasteiger partial charge on any atom is 0.418 e. The highest BCUT2D eigenvalue weighted by atomic mass is 16.6. The first kappa shape index (κ1) is 17.5. The highest BCUT2D eigenvalue weighted by Gasteiger charge is 2.52. The Balaban J connectivity index is 1.68. The van der Waals surface area contributed by atoms with Crippen LogP contribution in [-0.4, -0.2) is 41.3 Å². The third kappa shape index (κ3) is 3.68. The Morgan fingerprint density at radius 1 is 1.12 bits per heavy atom. The van der Waals surface area contributed by atoms with Crippen LogP contribution in [0.1, 0.15) is 59.3 Å². The number of rotatable bonds is 3. The number of nitrogens with two attached hydrogens (primary N) is 1. The lowest BCUT2D eigenvalue weighted by Gasteiger charge is -2.57. The number of nitrogens with one attached hydrogen (secondary N) is 1. The Morgan fingerprint density at radius 2 is 1.62 bits per heavy atom. The smallest absolute Gasteiger partial charge is 0.418 e. The molecule has 0 unspecified atom stereocenters. The van der Waals surface area contributed by atoms with Gasteiger partial charge in [0, 0.05) is 18.6 Å². The van der Waals surface area contributed by atoms with E-state index in [1.54, 1.807) is 20.8 Å². The summed E-state index contributed by atoms with van der Waals surface area (Å²) in [5.41, 5.74) is 4.84. The van der Waals surface area contributed by atoms with Gasteiger partial charge in [-0.3, -0.25) is 0 Å². The summed E-state index contributed by atoms with van der Waals surface area (Å²) >= 11 is 0. The Labute approximate surface area is 144 Å². The molecular formula is C18H31N3O3. The molecule has 136 valence electrons. The first-order valence-corrected chi connectivity index (χ1v) is 9.22. The van der Waals surface area contributed by atoms with Crippen LogP contribution >= 0.6 is 0 Å². The van der Waals surface area contributed by atoms with Crippen LogP contribution in [-0.2, 0) is 4.74 Å². The van der Waals surface area contributed by atoms with Crippen molar-refractivity contribution < 1.29 is 14.3 Å². The van der Waals surface area contributed by atoms with Gasteiger partial charge in [0.2, 0.25) is 0 Å². The van der Waals surface area contributed by atoms with Gasteiger partial charge in [-0.2, -0.15) is 0 Å². The molecule has 4 rings (SSSR count). The second kappa shape index (κ2) is 6.21. The maximum absolute atomic E-state index is 12.8. The van der Waals surface area contributed by atoms with E-state index in [4.69, 9.17) is 10.5 Å². The van der Waals surface area contributed by atoms with E-state index in [1.807, 2.05) is 0 Å². The van der Waals surface area contributed by atoms with Crippen molar-refractivity contribution in [2.45, 2.75) is 70.4 Å². The van der Waals surface area contributed by atoms with Crippen molar-refractivity contribution in [1.82, 2.24) is 10.2 Å². The second-order valence-electron chi connectivity index (χ2n) is 9.05. The number of urea groups is 1. The highest BCUT2D eigenvalue weighted by molar-refractivity contribution is 5.91. The fraction of sp³-hybridized carbons (Fsp3) is 0.889. The van der Waals surface area contributed by atoms with Gasteiger partial charge < -0.3 is 15.8 Å². The number of hydrogen-bond acceptors (Lipinski definition) is 4. The third-order valence-electron chi connectivity index (χ3n) is 5.62. The quantitative estimate of drug-likeness (QED) is 0.829. The fourth-order valence-corrected chi connectivity index (χ4v) is 5.28. The summed E-state index contributed by atoms with van der Waals surface area (Å²) in [5, 5.41) is 3.21. The van der Waals surface area contributed by atoms with Crippen LogP contribution in [0.15, 0.2) is 0 Å². The van der Waals surface area contributed by atoms with Gasteiger partial charge in [-0.05, 0) is 77.0 Å². The Kier molecular flexibility index (Phi) is 4.53. The largest absolute Gasteiger partial charge is 0.443 e. The first-order valence-electron chi connectivity index (χ1n) is 9.22. The summed E-state index contributed by atoms with van der Waals surface area (Å²) in [5.74, 6) is 2.21. The molecule has 24 heavy (non-hydrogen) atoms. The number of imide groups is 1. The summed E-state index contributed by atoms with van der Waals surface area (Å²) in [6.45, 7) is 5.79. The van der Waals surface area contributed by atoms with E-state index in [0.717, 1.165) is 41.9 Å². The lowest BCUT2D eigenvalue weighted by Crippen LogP contribution is -2.62. The minimum atomic E-state index is -0.634. The number of ether oxygens (including phenoxy) is 1. The zero-order valence-corrected chi connectivity index (χ0v) is 15.1. The predicted octanol–water partition coefficient (Wildman–Crippen LogP) is 2.86. The summed E-state index contributed by atoms with van der Waals surface area (Å²) in [7, 11) is 0. The molecule has 0 aromatic rings. The van der Waals surface area contributed by atoms with Crippen molar-refractivity contribution in [3.8, 4) is 0 Å². The van der Waals surface area contributed by atoms with E-state index >= 15 is 0 Å². The molecule has 0 spiro atoms. The van der Waals surface area contributed by atoms with Gasteiger partial charge in [0.1, 0.15) is 5.60 Å². The van der Waals surface area contributed by atoms with Crippen LogP contribution in [0, 0.1) is 17.8 Å². The molecular weight excluding hydrogens is 306 g/mol. The molecule has 0 aromatic carbocycles. The van der Waals surface area contributed by atoms with Gasteiger partial charge in [-0.25, -0.2) is 14.5 Å². The van der Waals surface area contributed by atoms with E-state index in [1.165, 1.54) is 19.3 Å². The average molecular weight is 337 g/mol. The van der Waals surface area contributed by atoms with Crippen LogP contribution in [0.5, 0.6) is 0 Å². The van der Waals surface area contributed by atoms with Gasteiger partial charge in [0.05, 0.1) is 0 Å². The van der Waals surface area contributed by atoms with E-state index < -0.39 is 11.7 Å². The topological polar surface area (TPSA) is 84.7 Å². The molecule has 3 N–H and O–H groups in total. The zero-order chi connectivity index (χ0) is 17.5. The SMILES string of the molecule is CC(C)(C)OC(=O)N(CCN)C(=O)NC12CC3CC(CC(C3)C1)C2. The Morgan fingerprint density at radius 3 is 2.04 bits per heavy atom. The molecule has 0 aliphatic heterocycles. The van der Waals surface area contributed by atoms with Crippen LogP contribution in [0.4, 0.5) is 9.59 Å². The number of hydrogen-bond donors (Lipinski definition) is 2. The lowest BCUT2D eigenvalue weighted by molar-refractivity contribution is -0.0167. The molecule has 4 bridgehead atoms. The summed E-state index contributed by atoms with van der Waals surface area (Å²) in [6, 6.07) is -0.350. The minimum Gasteiger partial charge on any atom is -0.443 e. The molecule has 6 heteroatoms. The van der Waals surface area contributed by atoms with Crippen molar-refractivity contribution in [2.75, 3.05) is 13.1 Å². The standard InChI is InChI=1S/C18H31N3O3/c1-17(2,3)24-16(23)21(5-4-19)15(22)20-18-9-12-6-13(10-18)8-14(7-12)11-18/h12-14H,4-11,19H2,1-3H3,(H,20,22). The molecule has 3 amide bonds. The highest BCUT2D eigenvalue weighted by Crippen LogP contribution is 2.55. The van der Waals surface area contributed by atoms with Crippen molar-refractivity contribution in [1.29, 1.82) is 0 Å². The van der Waals surface area contributed by atoms with Crippen LogP contribution in [0.2, 0.25) is 0 Å². The van der Waals surface area contributed by atoms with E-state index in [0.29, 0.717) is 0 Å². The van der Waals surface area contributed by atoms with Crippen LogP contribution in [0.25, 0.3) is 0 Å². The zero-order valence-electron chi connectivity index (χ0n) is 15.1. The summed E-state index contributed by atoms with van der Waals surface area (Å²) < 4.78 is 5.36. The summed E-state index contributed by atoms with van der Waals surface area (Å²) in [6.07, 6.45) is 6.48. The van der Waals surface area contributed by atoms with E-state index in [-0.39, 0.29) is 24.7 Å². The van der Waals surface area contributed by atoms with Gasteiger partial charge >= 0.3 is 12.1 Å². The maximum atomic E-state index is 12.8. The number of amides is 3. The predicted molar refractivity (Wildman–Crippen MR) is 91.4 cm³/mol. The summed E-state index contributed by atoms with van der Waals surface area (Å²) in [4.78, 5) is 26.3. The number of nitrogens with zero attached hydrogens (tertiary/aromatic N) is 1. The van der Waals surface area contributed by atoms with Gasteiger partial charge in [0.25, 0.3) is 0 Å². The van der Waals surface area contributed by atoms with Crippen molar-refractivity contribution in [3.63, 3.8) is 0 Å². The van der Waals surface area contributed by atoms with E-state index in [2.05, 4.69) is 5.32 Å². The third-order valence-corrected chi connectivity index (χ3v) is 5.62. The normalized spacial score (nSPS) is 34.1. The molecule has 0 aromatic heterocycles. The molecule has 0 radical (unpaired) electrons. The molecule has 0 heterocycles. The Hall–Kier alpha value is -1.30. The Bertz CT molecular complexity index is 477. The van der Waals surface area contributed by atoms with Gasteiger partial charge in [0.15, 0.2) is 0 Å². The molecule has 0 saturated heterocycles. The number of carbonyl (C=O) groups is 2. The van der Waals surface area contributed by atoms with Crippen molar-refractivity contribution in [2.24, 2.45) is 23.5 Å². The molecule has 6 nitrogen and oxygen atoms in total. The van der Waals surface area contributed by atoms with Gasteiger partial charge in [-0.1, -0.05) is 0 Å². The van der Waals surface area contributed by atoms with Crippen molar-refractivity contribution >= 4 is 12.1 Å². The average Bonchev–Trinajstić information content (AvgIpc) is 2.40. The van der Waals surface area contributed by atoms with Crippen LogP contribution < -0.4 is 11.1 Å². The van der Waals surface area contributed by atoms with Gasteiger partial charge in [-0.15, -0.1) is 0 Å². The number of carbonyl (C=O) groups excluding carboxylic acids is 2. The lowest BCUT2D eigenvalue weighted by atomic mass is 9.53. The van der Waals surface area contributed by atoms with E-state index in [9.17, 15) is 9.59 Å². The molecule has 4 saturated carbocycles. The molecule has 4 fully saturated rings. The molecule has 4 aliphatic rings. The molecule has 4 aliphatic carbocycles. The second-order valence-corrected chi connectivity index (χ2v) is 9.05. The van der Waals surface area contributed by atoms with Crippen LogP contribution in [0.3, 0.4) is 0 Å². The van der Waals surface area contributed by atoms with Crippen molar-refractivity contribution in [3.05, 3.63) is 0 Å². The first-order chi connectivity index (χ1) is 11.2. The monoisotopic (exact) mass is 337 g/mol.